The standard InChI is InChI=1S/C14H23N3S/c1-11-14(18-10-16-11)9-17-7-4-12(5-8-17)13-3-2-6-15-13/h10,12-13,15H,2-9H2,1H3. The lowest BCUT2D eigenvalue weighted by Crippen LogP contribution is -2.40. The molecule has 2 saturated heterocycles. The van der Waals surface area contributed by atoms with Crippen molar-refractivity contribution in [3.63, 3.8) is 0 Å². The number of nitrogens with zero attached hydrogens (tertiary/aromatic N) is 2. The summed E-state index contributed by atoms with van der Waals surface area (Å²) in [5, 5.41) is 3.67. The van der Waals surface area contributed by atoms with Crippen molar-refractivity contribution in [2.75, 3.05) is 19.6 Å². The zero-order valence-corrected chi connectivity index (χ0v) is 12.0. The van der Waals surface area contributed by atoms with Gasteiger partial charge in [-0.2, -0.15) is 0 Å². The van der Waals surface area contributed by atoms with Crippen LogP contribution >= 0.6 is 11.3 Å². The van der Waals surface area contributed by atoms with Crippen molar-refractivity contribution in [3.05, 3.63) is 16.1 Å². The van der Waals surface area contributed by atoms with Gasteiger partial charge in [-0.3, -0.25) is 4.90 Å². The van der Waals surface area contributed by atoms with Gasteiger partial charge in [-0.25, -0.2) is 4.98 Å². The Labute approximate surface area is 114 Å². The number of thiazole rings is 1. The first-order chi connectivity index (χ1) is 8.83. The van der Waals surface area contributed by atoms with Gasteiger partial charge in [-0.05, 0) is 58.2 Å². The number of nitrogens with one attached hydrogen (secondary N) is 1. The van der Waals surface area contributed by atoms with Crippen molar-refractivity contribution >= 4 is 11.3 Å². The minimum absolute atomic E-state index is 0.817. The van der Waals surface area contributed by atoms with E-state index in [2.05, 4.69) is 22.1 Å². The lowest BCUT2D eigenvalue weighted by molar-refractivity contribution is 0.158. The fraction of sp³-hybridized carbons (Fsp3) is 0.786. The maximum Gasteiger partial charge on any atom is 0.0798 e. The molecule has 3 heterocycles. The molecule has 0 saturated carbocycles. The minimum Gasteiger partial charge on any atom is -0.314 e. The lowest BCUT2D eigenvalue weighted by atomic mass is 9.88. The van der Waals surface area contributed by atoms with Crippen LogP contribution < -0.4 is 5.32 Å². The quantitative estimate of drug-likeness (QED) is 0.910. The van der Waals surface area contributed by atoms with Crippen molar-refractivity contribution in [1.82, 2.24) is 15.2 Å². The lowest BCUT2D eigenvalue weighted by Gasteiger charge is -2.34. The van der Waals surface area contributed by atoms with Gasteiger partial charge in [0.15, 0.2) is 0 Å². The number of piperidine rings is 1. The number of likely N-dealkylation sites (tertiary alicyclic amines) is 1. The van der Waals surface area contributed by atoms with Crippen LogP contribution in [0.1, 0.15) is 36.3 Å². The van der Waals surface area contributed by atoms with Gasteiger partial charge >= 0.3 is 0 Å². The number of aromatic nitrogens is 1. The number of aryl methyl sites for hydroxylation is 1. The zero-order chi connectivity index (χ0) is 12.4. The van der Waals surface area contributed by atoms with Crippen LogP contribution in [-0.2, 0) is 6.54 Å². The Kier molecular flexibility index (Phi) is 3.97. The molecule has 2 aliphatic rings. The molecule has 100 valence electrons. The molecule has 0 aliphatic carbocycles. The second-order valence-electron chi connectivity index (χ2n) is 5.68. The van der Waals surface area contributed by atoms with E-state index in [4.69, 9.17) is 0 Å². The third-order valence-corrected chi connectivity index (χ3v) is 5.43. The molecule has 1 atom stereocenters. The molecule has 3 rings (SSSR count). The maximum absolute atomic E-state index is 4.34. The molecule has 0 bridgehead atoms. The van der Waals surface area contributed by atoms with Gasteiger partial charge in [0.25, 0.3) is 0 Å². The van der Waals surface area contributed by atoms with Crippen LogP contribution in [0, 0.1) is 12.8 Å². The van der Waals surface area contributed by atoms with Crippen LogP contribution in [0.3, 0.4) is 0 Å². The minimum atomic E-state index is 0.817. The Bertz CT molecular complexity index is 376. The average molecular weight is 265 g/mol. The van der Waals surface area contributed by atoms with E-state index in [9.17, 15) is 0 Å². The normalized spacial score (nSPS) is 26.8. The highest BCUT2D eigenvalue weighted by Crippen LogP contribution is 2.27. The van der Waals surface area contributed by atoms with Crippen LogP contribution in [0.15, 0.2) is 5.51 Å². The molecular formula is C14H23N3S. The molecule has 0 spiro atoms. The molecule has 4 heteroatoms. The molecule has 0 radical (unpaired) electrons. The van der Waals surface area contributed by atoms with E-state index in [1.54, 1.807) is 11.3 Å². The molecular weight excluding hydrogens is 242 g/mol. The summed E-state index contributed by atoms with van der Waals surface area (Å²) in [7, 11) is 0. The van der Waals surface area contributed by atoms with E-state index >= 15 is 0 Å². The van der Waals surface area contributed by atoms with Gasteiger partial charge in [0.2, 0.25) is 0 Å². The summed E-state index contributed by atoms with van der Waals surface area (Å²) in [6.45, 7) is 7.01. The molecule has 1 N–H and O–H groups in total. The Balaban J connectivity index is 1.49. The van der Waals surface area contributed by atoms with Gasteiger partial charge in [0.1, 0.15) is 0 Å². The zero-order valence-electron chi connectivity index (χ0n) is 11.2. The highest BCUT2D eigenvalue weighted by Gasteiger charge is 2.28. The number of hydrogen-bond acceptors (Lipinski definition) is 4. The monoisotopic (exact) mass is 265 g/mol. The van der Waals surface area contributed by atoms with Crippen molar-refractivity contribution in [2.45, 2.75) is 45.2 Å². The first-order valence-corrected chi connectivity index (χ1v) is 8.05. The van der Waals surface area contributed by atoms with E-state index in [1.807, 2.05) is 5.51 Å². The van der Waals surface area contributed by atoms with Gasteiger partial charge in [-0.1, -0.05) is 0 Å². The predicted octanol–water partition coefficient (Wildman–Crippen LogP) is 2.42. The van der Waals surface area contributed by atoms with Crippen LogP contribution in [0.25, 0.3) is 0 Å². The summed E-state index contributed by atoms with van der Waals surface area (Å²) < 4.78 is 0. The van der Waals surface area contributed by atoms with Gasteiger partial charge < -0.3 is 5.32 Å². The Morgan fingerprint density at radius 2 is 2.22 bits per heavy atom. The van der Waals surface area contributed by atoms with Crippen molar-refractivity contribution < 1.29 is 0 Å². The second kappa shape index (κ2) is 5.68. The Morgan fingerprint density at radius 1 is 1.39 bits per heavy atom. The van der Waals surface area contributed by atoms with Crippen LogP contribution in [0.4, 0.5) is 0 Å². The van der Waals surface area contributed by atoms with E-state index in [1.165, 1.54) is 55.9 Å². The van der Waals surface area contributed by atoms with Crippen LogP contribution in [0.5, 0.6) is 0 Å². The van der Waals surface area contributed by atoms with Crippen LogP contribution in [0.2, 0.25) is 0 Å². The highest BCUT2D eigenvalue weighted by molar-refractivity contribution is 7.09. The molecule has 0 aromatic carbocycles. The maximum atomic E-state index is 4.34. The highest BCUT2D eigenvalue weighted by atomic mass is 32.1. The summed E-state index contributed by atoms with van der Waals surface area (Å²) in [5.74, 6) is 0.923. The van der Waals surface area contributed by atoms with Gasteiger partial charge in [0.05, 0.1) is 11.2 Å². The molecule has 1 aromatic rings. The number of hydrogen-bond donors (Lipinski definition) is 1. The van der Waals surface area contributed by atoms with Crippen molar-refractivity contribution in [1.29, 1.82) is 0 Å². The van der Waals surface area contributed by atoms with E-state index in [0.717, 1.165) is 18.5 Å². The second-order valence-corrected chi connectivity index (χ2v) is 6.62. The third-order valence-electron chi connectivity index (χ3n) is 4.51. The first kappa shape index (κ1) is 12.6. The molecule has 2 aliphatic heterocycles. The van der Waals surface area contributed by atoms with Crippen molar-refractivity contribution in [2.24, 2.45) is 5.92 Å². The summed E-state index contributed by atoms with van der Waals surface area (Å²) in [6, 6.07) is 0.817. The predicted molar refractivity (Wildman–Crippen MR) is 75.9 cm³/mol. The smallest absolute Gasteiger partial charge is 0.0798 e. The van der Waals surface area contributed by atoms with Gasteiger partial charge in [0, 0.05) is 17.5 Å². The molecule has 1 unspecified atom stereocenters. The summed E-state index contributed by atoms with van der Waals surface area (Å²) in [4.78, 5) is 8.40. The Morgan fingerprint density at radius 3 is 2.83 bits per heavy atom. The van der Waals surface area contributed by atoms with Gasteiger partial charge in [-0.15, -0.1) is 11.3 Å². The summed E-state index contributed by atoms with van der Waals surface area (Å²) >= 11 is 1.80. The largest absolute Gasteiger partial charge is 0.314 e. The molecule has 1 aromatic heterocycles. The first-order valence-electron chi connectivity index (χ1n) is 7.17. The third kappa shape index (κ3) is 2.76. The fourth-order valence-corrected chi connectivity index (χ4v) is 4.13. The fourth-order valence-electron chi connectivity index (χ4n) is 3.31. The SMILES string of the molecule is Cc1ncsc1CN1CCC(C2CCCN2)CC1. The summed E-state index contributed by atoms with van der Waals surface area (Å²) in [6.07, 6.45) is 5.52. The number of rotatable bonds is 3. The molecule has 3 nitrogen and oxygen atoms in total. The molecule has 18 heavy (non-hydrogen) atoms. The van der Waals surface area contributed by atoms with Crippen LogP contribution in [-0.4, -0.2) is 35.6 Å². The van der Waals surface area contributed by atoms with E-state index < -0.39 is 0 Å². The molecule has 0 amide bonds. The molecule has 2 fully saturated rings. The Hall–Kier alpha value is -0.450. The topological polar surface area (TPSA) is 28.2 Å². The van der Waals surface area contributed by atoms with E-state index in [0.29, 0.717) is 0 Å². The summed E-state index contributed by atoms with van der Waals surface area (Å²) in [5.41, 5.74) is 3.19. The average Bonchev–Trinajstić information content (AvgIpc) is 3.03. The van der Waals surface area contributed by atoms with Crippen molar-refractivity contribution in [3.8, 4) is 0 Å². The van der Waals surface area contributed by atoms with E-state index in [-0.39, 0.29) is 0 Å².